The smallest absolute Gasteiger partial charge is 0.307 e. The van der Waals surface area contributed by atoms with Gasteiger partial charge in [0.05, 0.1) is 27.9 Å². The molecule has 0 spiro atoms. The number of hydrogen-bond acceptors (Lipinski definition) is 5. The van der Waals surface area contributed by atoms with Crippen LogP contribution in [-0.4, -0.2) is 28.6 Å². The van der Waals surface area contributed by atoms with Crippen molar-refractivity contribution in [3.8, 4) is 21.6 Å². The summed E-state index contributed by atoms with van der Waals surface area (Å²) in [5.41, 5.74) is 6.17. The number of aryl methyl sites for hydroxylation is 1. The fourth-order valence-electron chi connectivity index (χ4n) is 4.77. The molecule has 5 nitrogen and oxygen atoms in total. The van der Waals surface area contributed by atoms with Crippen LogP contribution in [0.25, 0.3) is 21.6 Å². The second kappa shape index (κ2) is 10.2. The number of thiazole rings is 1. The summed E-state index contributed by atoms with van der Waals surface area (Å²) in [6.45, 7) is 2.05. The maximum absolute atomic E-state index is 12.7. The largest absolute Gasteiger partial charge is 0.481 e. The lowest BCUT2D eigenvalue weighted by Gasteiger charge is -2.15. The van der Waals surface area contributed by atoms with Crippen molar-refractivity contribution >= 4 is 34.9 Å². The summed E-state index contributed by atoms with van der Waals surface area (Å²) in [5, 5.41) is 11.1. The van der Waals surface area contributed by atoms with Gasteiger partial charge in [-0.1, -0.05) is 78.3 Å². The third-order valence-corrected chi connectivity index (χ3v) is 8.06. The molecule has 1 heterocycles. The van der Waals surface area contributed by atoms with Crippen molar-refractivity contribution < 1.29 is 19.4 Å². The summed E-state index contributed by atoms with van der Waals surface area (Å²) in [5.74, 6) is -2.56. The average molecular weight is 518 g/mol. The summed E-state index contributed by atoms with van der Waals surface area (Å²) < 4.78 is 5.64. The molecule has 1 aliphatic carbocycles. The topological polar surface area (TPSA) is 76.5 Å². The standard InChI is InChI=1S/C29H24ClNO4S/c1-17-28(23-12-6-7-13-25(23)30)36-26(31-17)14-18(29(33)34)15-27(32)35-16-24-21-10-4-2-8-19(21)20-9-3-5-11-22(20)24/h2-13,18,24H,14-16H2,1H3,(H,33,34)/t18-/m1/s1. The average Bonchev–Trinajstić information content (AvgIpc) is 3.39. The summed E-state index contributed by atoms with van der Waals surface area (Å²) in [6.07, 6.45) is -0.0686. The third kappa shape index (κ3) is 4.79. The Bertz CT molecular complexity index is 1400. The van der Waals surface area contributed by atoms with Crippen LogP contribution in [0.2, 0.25) is 5.02 Å². The molecule has 1 aromatic heterocycles. The maximum Gasteiger partial charge on any atom is 0.307 e. The number of rotatable bonds is 8. The Morgan fingerprint density at radius 3 is 2.17 bits per heavy atom. The highest BCUT2D eigenvalue weighted by atomic mass is 35.5. The minimum atomic E-state index is -1.05. The minimum Gasteiger partial charge on any atom is -0.481 e. The Morgan fingerprint density at radius 1 is 0.972 bits per heavy atom. The van der Waals surface area contributed by atoms with Gasteiger partial charge >= 0.3 is 11.9 Å². The molecular formula is C29H24ClNO4S. The molecule has 0 aliphatic heterocycles. The Hall–Kier alpha value is -3.48. The number of carbonyl (C=O) groups excluding carboxylic acids is 1. The van der Waals surface area contributed by atoms with E-state index in [9.17, 15) is 14.7 Å². The first-order valence-corrected chi connectivity index (χ1v) is 12.9. The number of carbonyl (C=O) groups is 2. The summed E-state index contributed by atoms with van der Waals surface area (Å²) in [4.78, 5) is 30.2. The van der Waals surface area contributed by atoms with E-state index in [1.54, 1.807) is 0 Å². The fraction of sp³-hybridized carbons (Fsp3) is 0.207. The van der Waals surface area contributed by atoms with E-state index in [-0.39, 0.29) is 25.4 Å². The molecule has 1 atom stereocenters. The number of ether oxygens (including phenoxy) is 1. The first-order valence-electron chi connectivity index (χ1n) is 11.7. The minimum absolute atomic E-state index is 0.0654. The Kier molecular flexibility index (Phi) is 6.90. The van der Waals surface area contributed by atoms with Crippen molar-refractivity contribution in [2.75, 3.05) is 6.61 Å². The van der Waals surface area contributed by atoms with Gasteiger partial charge in [-0.25, -0.2) is 4.98 Å². The van der Waals surface area contributed by atoms with E-state index in [4.69, 9.17) is 16.3 Å². The van der Waals surface area contributed by atoms with Gasteiger partial charge < -0.3 is 9.84 Å². The Morgan fingerprint density at radius 2 is 1.56 bits per heavy atom. The van der Waals surface area contributed by atoms with E-state index >= 15 is 0 Å². The number of esters is 1. The monoisotopic (exact) mass is 517 g/mol. The molecule has 0 unspecified atom stereocenters. The zero-order valence-corrected chi connectivity index (χ0v) is 21.2. The van der Waals surface area contributed by atoms with Gasteiger partial charge in [-0.05, 0) is 35.2 Å². The fourth-order valence-corrected chi connectivity index (χ4v) is 6.24. The lowest BCUT2D eigenvalue weighted by molar-refractivity contribution is -0.151. The van der Waals surface area contributed by atoms with Crippen LogP contribution in [0.3, 0.4) is 0 Å². The predicted octanol–water partition coefficient (Wildman–Crippen LogP) is 6.76. The maximum atomic E-state index is 12.7. The lowest BCUT2D eigenvalue weighted by atomic mass is 9.98. The van der Waals surface area contributed by atoms with Crippen molar-refractivity contribution in [2.45, 2.75) is 25.7 Å². The number of carboxylic acid groups (broad SMARTS) is 1. The normalized spacial score (nSPS) is 13.2. The molecule has 5 rings (SSSR count). The Labute approximate surface area is 218 Å². The summed E-state index contributed by atoms with van der Waals surface area (Å²) in [7, 11) is 0. The van der Waals surface area contributed by atoms with Gasteiger partial charge in [-0.2, -0.15) is 0 Å². The number of aromatic nitrogens is 1. The number of benzene rings is 3. The van der Waals surface area contributed by atoms with Crippen LogP contribution in [0.4, 0.5) is 0 Å². The number of aliphatic carboxylic acids is 1. The summed E-state index contributed by atoms with van der Waals surface area (Å²) in [6, 6.07) is 23.7. The lowest BCUT2D eigenvalue weighted by Crippen LogP contribution is -2.22. The van der Waals surface area contributed by atoms with Crippen LogP contribution in [0.1, 0.15) is 34.2 Å². The number of hydrogen-bond donors (Lipinski definition) is 1. The molecule has 3 aromatic carbocycles. The first kappa shape index (κ1) is 24.2. The molecular weight excluding hydrogens is 494 g/mol. The van der Waals surface area contributed by atoms with Crippen molar-refractivity contribution in [3.63, 3.8) is 0 Å². The number of carboxylic acids is 1. The van der Waals surface area contributed by atoms with Gasteiger partial charge in [-0.3, -0.25) is 9.59 Å². The van der Waals surface area contributed by atoms with Crippen molar-refractivity contribution in [2.24, 2.45) is 5.92 Å². The van der Waals surface area contributed by atoms with Gasteiger partial charge in [-0.15, -0.1) is 11.3 Å². The van der Waals surface area contributed by atoms with E-state index in [2.05, 4.69) is 29.2 Å². The second-order valence-corrected chi connectivity index (χ2v) is 10.3. The van der Waals surface area contributed by atoms with Crippen LogP contribution in [0, 0.1) is 12.8 Å². The van der Waals surface area contributed by atoms with Gasteiger partial charge in [0.2, 0.25) is 0 Å². The van der Waals surface area contributed by atoms with E-state index in [1.807, 2.05) is 55.5 Å². The molecule has 7 heteroatoms. The molecule has 36 heavy (non-hydrogen) atoms. The van der Waals surface area contributed by atoms with Crippen molar-refractivity contribution in [3.05, 3.63) is 99.6 Å². The van der Waals surface area contributed by atoms with Crippen LogP contribution in [0.15, 0.2) is 72.8 Å². The molecule has 0 bridgehead atoms. The molecule has 1 N–H and O–H groups in total. The molecule has 0 fully saturated rings. The second-order valence-electron chi connectivity index (χ2n) is 8.86. The van der Waals surface area contributed by atoms with E-state index in [0.29, 0.717) is 10.0 Å². The summed E-state index contributed by atoms with van der Waals surface area (Å²) >= 11 is 7.75. The SMILES string of the molecule is Cc1nc(C[C@H](CC(=O)OCC2c3ccccc3-c3ccccc32)C(=O)O)sc1-c1ccccc1Cl. The number of nitrogens with zero attached hydrogens (tertiary/aromatic N) is 1. The van der Waals surface area contributed by atoms with Crippen molar-refractivity contribution in [1.82, 2.24) is 4.98 Å². The van der Waals surface area contributed by atoms with E-state index in [0.717, 1.165) is 38.4 Å². The molecule has 0 saturated heterocycles. The molecule has 0 saturated carbocycles. The quantitative estimate of drug-likeness (QED) is 0.261. The van der Waals surface area contributed by atoms with Gasteiger partial charge in [0.25, 0.3) is 0 Å². The zero-order chi connectivity index (χ0) is 25.2. The van der Waals surface area contributed by atoms with Crippen LogP contribution in [0.5, 0.6) is 0 Å². The highest BCUT2D eigenvalue weighted by Crippen LogP contribution is 2.44. The Balaban J connectivity index is 1.27. The third-order valence-electron chi connectivity index (χ3n) is 6.52. The highest BCUT2D eigenvalue weighted by Gasteiger charge is 2.30. The van der Waals surface area contributed by atoms with Crippen molar-refractivity contribution in [1.29, 1.82) is 0 Å². The van der Waals surface area contributed by atoms with Crippen LogP contribution < -0.4 is 0 Å². The van der Waals surface area contributed by atoms with Gasteiger partial charge in [0.1, 0.15) is 6.61 Å². The molecule has 0 radical (unpaired) electrons. The predicted molar refractivity (Wildman–Crippen MR) is 141 cm³/mol. The van der Waals surface area contributed by atoms with Gasteiger partial charge in [0, 0.05) is 22.9 Å². The molecule has 4 aromatic rings. The molecule has 0 amide bonds. The molecule has 1 aliphatic rings. The highest BCUT2D eigenvalue weighted by molar-refractivity contribution is 7.15. The number of fused-ring (bicyclic) bond motifs is 3. The van der Waals surface area contributed by atoms with E-state index in [1.165, 1.54) is 11.3 Å². The van der Waals surface area contributed by atoms with Gasteiger partial charge in [0.15, 0.2) is 0 Å². The van der Waals surface area contributed by atoms with Crippen LogP contribution in [-0.2, 0) is 20.7 Å². The zero-order valence-electron chi connectivity index (χ0n) is 19.6. The number of halogens is 1. The van der Waals surface area contributed by atoms with E-state index < -0.39 is 17.9 Å². The van der Waals surface area contributed by atoms with Crippen LogP contribution >= 0.6 is 22.9 Å². The first-order chi connectivity index (χ1) is 17.4. The molecule has 182 valence electrons.